The first kappa shape index (κ1) is 19.2. The van der Waals surface area contributed by atoms with Gasteiger partial charge in [-0.3, -0.25) is 14.5 Å². The van der Waals surface area contributed by atoms with E-state index in [9.17, 15) is 9.59 Å². The van der Waals surface area contributed by atoms with Crippen LogP contribution in [0.1, 0.15) is 42.3 Å². The molecule has 7 nitrogen and oxygen atoms in total. The number of carbonyl (C=O) groups excluding carboxylic acids is 2. The van der Waals surface area contributed by atoms with Gasteiger partial charge >= 0.3 is 0 Å². The van der Waals surface area contributed by atoms with E-state index in [2.05, 4.69) is 15.2 Å². The van der Waals surface area contributed by atoms with Crippen LogP contribution in [0.25, 0.3) is 0 Å². The van der Waals surface area contributed by atoms with Gasteiger partial charge in [-0.15, -0.1) is 0 Å². The number of hydrogen-bond donors (Lipinski definition) is 2. The van der Waals surface area contributed by atoms with Crippen molar-refractivity contribution >= 4 is 11.8 Å². The van der Waals surface area contributed by atoms with Crippen LogP contribution >= 0.6 is 0 Å². The van der Waals surface area contributed by atoms with Gasteiger partial charge in [0.25, 0.3) is 5.91 Å². The summed E-state index contributed by atoms with van der Waals surface area (Å²) in [6.07, 6.45) is 2.32. The van der Waals surface area contributed by atoms with Crippen molar-refractivity contribution in [2.24, 2.45) is 0 Å². The predicted octanol–water partition coefficient (Wildman–Crippen LogP) is 2.16. The molecule has 1 aliphatic heterocycles. The van der Waals surface area contributed by atoms with Crippen LogP contribution in [0.4, 0.5) is 0 Å². The molecule has 0 aromatic carbocycles. The molecular weight excluding hydrogens is 344 g/mol. The highest BCUT2D eigenvalue weighted by atomic mass is 16.3. The molecule has 0 aliphatic carbocycles. The van der Waals surface area contributed by atoms with E-state index in [1.807, 2.05) is 37.8 Å². The SMILES string of the molecule is CCN(CC)C(=O)[C@@H]1C[C@@H](NC(=O)c2ccc[nH]2)CN1Cc1ccc(C)o1. The van der Waals surface area contributed by atoms with E-state index < -0.39 is 0 Å². The third kappa shape index (κ3) is 4.42. The highest BCUT2D eigenvalue weighted by molar-refractivity contribution is 5.92. The summed E-state index contributed by atoms with van der Waals surface area (Å²) in [6.45, 7) is 8.41. The van der Waals surface area contributed by atoms with Gasteiger partial charge in [0.05, 0.1) is 12.6 Å². The summed E-state index contributed by atoms with van der Waals surface area (Å²) in [5.41, 5.74) is 0.529. The Morgan fingerprint density at radius 2 is 2.07 bits per heavy atom. The fourth-order valence-electron chi connectivity index (χ4n) is 3.69. The molecule has 0 unspecified atom stereocenters. The summed E-state index contributed by atoms with van der Waals surface area (Å²) in [7, 11) is 0. The van der Waals surface area contributed by atoms with Gasteiger partial charge in [-0.1, -0.05) is 0 Å². The second-order valence-electron chi connectivity index (χ2n) is 6.96. The normalized spacial score (nSPS) is 20.0. The second-order valence-corrected chi connectivity index (χ2v) is 6.96. The molecule has 27 heavy (non-hydrogen) atoms. The summed E-state index contributed by atoms with van der Waals surface area (Å²) >= 11 is 0. The van der Waals surface area contributed by atoms with Crippen molar-refractivity contribution in [1.82, 2.24) is 20.1 Å². The van der Waals surface area contributed by atoms with Crippen molar-refractivity contribution < 1.29 is 14.0 Å². The molecule has 2 N–H and O–H groups in total. The first-order chi connectivity index (χ1) is 13.0. The van der Waals surface area contributed by atoms with E-state index in [0.29, 0.717) is 38.3 Å². The number of nitrogens with zero attached hydrogens (tertiary/aromatic N) is 2. The largest absolute Gasteiger partial charge is 0.465 e. The maximum atomic E-state index is 13.0. The van der Waals surface area contributed by atoms with E-state index in [1.54, 1.807) is 18.3 Å². The highest BCUT2D eigenvalue weighted by Crippen LogP contribution is 2.23. The van der Waals surface area contributed by atoms with Gasteiger partial charge in [-0.2, -0.15) is 0 Å². The number of hydrogen-bond acceptors (Lipinski definition) is 4. The van der Waals surface area contributed by atoms with Crippen molar-refractivity contribution in [1.29, 1.82) is 0 Å². The highest BCUT2D eigenvalue weighted by Gasteiger charge is 2.39. The van der Waals surface area contributed by atoms with Gasteiger partial charge in [0.2, 0.25) is 5.91 Å². The molecule has 0 saturated carbocycles. The van der Waals surface area contributed by atoms with Crippen molar-refractivity contribution in [2.45, 2.75) is 45.8 Å². The molecule has 2 atom stereocenters. The lowest BCUT2D eigenvalue weighted by Crippen LogP contribution is -2.45. The molecular formula is C20H28N4O3. The molecule has 1 saturated heterocycles. The monoisotopic (exact) mass is 372 g/mol. The van der Waals surface area contributed by atoms with Gasteiger partial charge in [0.1, 0.15) is 17.2 Å². The quantitative estimate of drug-likeness (QED) is 0.780. The average Bonchev–Trinajstić information content (AvgIpc) is 3.38. The van der Waals surface area contributed by atoms with Gasteiger partial charge in [0, 0.05) is 31.9 Å². The lowest BCUT2D eigenvalue weighted by molar-refractivity contribution is -0.135. The number of likely N-dealkylation sites (N-methyl/N-ethyl adjacent to an activating group) is 1. The lowest BCUT2D eigenvalue weighted by Gasteiger charge is -2.28. The van der Waals surface area contributed by atoms with Gasteiger partial charge < -0.3 is 19.6 Å². The van der Waals surface area contributed by atoms with Crippen LogP contribution in [0.15, 0.2) is 34.9 Å². The molecule has 1 fully saturated rings. The Kier molecular flexibility index (Phi) is 6.01. The van der Waals surface area contributed by atoms with Crippen LogP contribution in [0.5, 0.6) is 0 Å². The van der Waals surface area contributed by atoms with E-state index in [1.165, 1.54) is 0 Å². The summed E-state index contributed by atoms with van der Waals surface area (Å²) in [5.74, 6) is 1.66. The van der Waals surface area contributed by atoms with Gasteiger partial charge in [0.15, 0.2) is 0 Å². The van der Waals surface area contributed by atoms with Crippen LogP contribution in [0.3, 0.4) is 0 Å². The van der Waals surface area contributed by atoms with Crippen molar-refractivity contribution in [3.63, 3.8) is 0 Å². The van der Waals surface area contributed by atoms with E-state index in [4.69, 9.17) is 4.42 Å². The van der Waals surface area contributed by atoms with Crippen LogP contribution < -0.4 is 5.32 Å². The van der Waals surface area contributed by atoms with Gasteiger partial charge in [-0.25, -0.2) is 0 Å². The zero-order valence-electron chi connectivity index (χ0n) is 16.2. The molecule has 7 heteroatoms. The predicted molar refractivity (Wildman–Crippen MR) is 102 cm³/mol. The maximum absolute atomic E-state index is 13.0. The van der Waals surface area contributed by atoms with Crippen molar-refractivity contribution in [3.8, 4) is 0 Å². The van der Waals surface area contributed by atoms with Gasteiger partial charge in [-0.05, 0) is 51.5 Å². The molecule has 0 bridgehead atoms. The lowest BCUT2D eigenvalue weighted by atomic mass is 10.1. The average molecular weight is 372 g/mol. The Hall–Kier alpha value is -2.54. The fraction of sp³-hybridized carbons (Fsp3) is 0.500. The van der Waals surface area contributed by atoms with E-state index >= 15 is 0 Å². The third-order valence-electron chi connectivity index (χ3n) is 5.10. The van der Waals surface area contributed by atoms with Crippen LogP contribution in [-0.4, -0.2) is 58.3 Å². The minimum Gasteiger partial charge on any atom is -0.465 e. The number of H-pyrrole nitrogens is 1. The molecule has 0 spiro atoms. The molecule has 2 aromatic heterocycles. The van der Waals surface area contributed by atoms with Crippen molar-refractivity contribution in [3.05, 3.63) is 47.7 Å². The number of aryl methyl sites for hydroxylation is 1. The number of aromatic nitrogens is 1. The Balaban J connectivity index is 1.73. The summed E-state index contributed by atoms with van der Waals surface area (Å²) in [5, 5.41) is 3.05. The molecule has 2 aromatic rings. The summed E-state index contributed by atoms with van der Waals surface area (Å²) < 4.78 is 5.70. The Bertz CT molecular complexity index is 764. The zero-order valence-corrected chi connectivity index (χ0v) is 16.2. The standard InChI is InChI=1S/C20H28N4O3/c1-4-23(5-2)20(26)18-11-15(22-19(25)17-7-6-10-21-17)12-24(18)13-16-9-8-14(3)27-16/h6-10,15,18,21H,4-5,11-13H2,1-3H3,(H,22,25)/t15-,18+/m1/s1. The Morgan fingerprint density at radius 3 is 2.67 bits per heavy atom. The molecule has 3 heterocycles. The molecule has 146 valence electrons. The number of furan rings is 1. The number of likely N-dealkylation sites (tertiary alicyclic amines) is 1. The maximum Gasteiger partial charge on any atom is 0.267 e. The minimum absolute atomic E-state index is 0.0821. The van der Waals surface area contributed by atoms with Crippen LogP contribution in [0, 0.1) is 6.92 Å². The third-order valence-corrected chi connectivity index (χ3v) is 5.10. The number of nitrogens with one attached hydrogen (secondary N) is 2. The van der Waals surface area contributed by atoms with E-state index in [0.717, 1.165) is 11.5 Å². The molecule has 2 amide bonds. The molecule has 3 rings (SSSR count). The number of aromatic amines is 1. The number of amides is 2. The van der Waals surface area contributed by atoms with E-state index in [-0.39, 0.29) is 23.9 Å². The molecule has 1 aliphatic rings. The van der Waals surface area contributed by atoms with Crippen LogP contribution in [0.2, 0.25) is 0 Å². The summed E-state index contributed by atoms with van der Waals surface area (Å²) in [6, 6.07) is 7.06. The minimum atomic E-state index is -0.260. The Labute approximate surface area is 159 Å². The summed E-state index contributed by atoms with van der Waals surface area (Å²) in [4.78, 5) is 32.3. The fourth-order valence-corrected chi connectivity index (χ4v) is 3.69. The van der Waals surface area contributed by atoms with Crippen molar-refractivity contribution in [2.75, 3.05) is 19.6 Å². The smallest absolute Gasteiger partial charge is 0.267 e. The topological polar surface area (TPSA) is 81.6 Å². The Morgan fingerprint density at radius 1 is 1.30 bits per heavy atom. The second kappa shape index (κ2) is 8.43. The zero-order chi connectivity index (χ0) is 19.4. The first-order valence-electron chi connectivity index (χ1n) is 9.54. The number of rotatable bonds is 7. The first-order valence-corrected chi connectivity index (χ1v) is 9.54. The van der Waals surface area contributed by atoms with Crippen LogP contribution in [-0.2, 0) is 11.3 Å². The molecule has 0 radical (unpaired) electrons. The number of carbonyl (C=O) groups is 2.